The van der Waals surface area contributed by atoms with Crippen molar-refractivity contribution in [3.63, 3.8) is 0 Å². The zero-order valence-electron chi connectivity index (χ0n) is 15.6. The van der Waals surface area contributed by atoms with E-state index in [1.807, 2.05) is 0 Å². The second-order valence-corrected chi connectivity index (χ2v) is 10.2. The molecule has 0 spiro atoms. The lowest BCUT2D eigenvalue weighted by Crippen LogP contribution is -2.55. The topological polar surface area (TPSA) is 32.3 Å². The Hall–Kier alpha value is -0.340. The summed E-state index contributed by atoms with van der Waals surface area (Å²) in [7, 11) is 0. The smallest absolute Gasteiger partial charge is 0.0577 e. The highest BCUT2D eigenvalue weighted by molar-refractivity contribution is 5.25. The first kappa shape index (κ1) is 15.9. The number of aliphatic hydroxyl groups is 1. The molecule has 1 heterocycles. The van der Waals surface area contributed by atoms with Gasteiger partial charge in [-0.25, -0.2) is 0 Å². The zero-order valence-corrected chi connectivity index (χ0v) is 15.6. The van der Waals surface area contributed by atoms with E-state index in [1.54, 1.807) is 5.57 Å². The van der Waals surface area contributed by atoms with Gasteiger partial charge >= 0.3 is 0 Å². The molecule has 5 aliphatic rings. The molecule has 2 N–H and O–H groups in total. The largest absolute Gasteiger partial charge is 0.393 e. The Morgan fingerprint density at radius 2 is 1.79 bits per heavy atom. The highest BCUT2D eigenvalue weighted by atomic mass is 16.3. The van der Waals surface area contributed by atoms with Crippen molar-refractivity contribution in [2.24, 2.45) is 34.5 Å². The minimum atomic E-state index is -0.0738. The maximum Gasteiger partial charge on any atom is 0.0577 e. The van der Waals surface area contributed by atoms with Crippen molar-refractivity contribution < 1.29 is 5.11 Å². The summed E-state index contributed by atoms with van der Waals surface area (Å²) in [6.07, 6.45) is 14.2. The molecule has 0 radical (unpaired) electrons. The first-order valence-corrected chi connectivity index (χ1v) is 10.6. The number of aliphatic hydroxyl groups excluding tert-OH is 1. The molecule has 2 nitrogen and oxygen atoms in total. The van der Waals surface area contributed by atoms with E-state index in [-0.39, 0.29) is 6.10 Å². The third kappa shape index (κ3) is 2.02. The highest BCUT2D eigenvalue weighted by Crippen LogP contribution is 2.66. The van der Waals surface area contributed by atoms with E-state index in [4.69, 9.17) is 0 Å². The van der Waals surface area contributed by atoms with Crippen LogP contribution in [0.15, 0.2) is 11.6 Å². The van der Waals surface area contributed by atoms with Gasteiger partial charge in [0, 0.05) is 6.04 Å². The van der Waals surface area contributed by atoms with Gasteiger partial charge in [0.1, 0.15) is 0 Å². The number of allylic oxidation sites excluding steroid dienone is 1. The van der Waals surface area contributed by atoms with Crippen LogP contribution in [0.3, 0.4) is 0 Å². The zero-order chi connectivity index (χ0) is 16.5. The van der Waals surface area contributed by atoms with Crippen molar-refractivity contribution in [1.82, 2.24) is 5.32 Å². The Balaban J connectivity index is 1.44. The van der Waals surface area contributed by atoms with Gasteiger partial charge in [0.25, 0.3) is 0 Å². The van der Waals surface area contributed by atoms with Crippen LogP contribution in [-0.2, 0) is 0 Å². The standard InChI is InChI=1S/C22H35NO/c1-21-10-7-15(24)13-14(21)3-4-16-17-5-6-19(20-9-12-23-20)22(17,2)11-8-18(16)21/h3,15-20,23-24H,4-13H2,1-2H3. The summed E-state index contributed by atoms with van der Waals surface area (Å²) in [6.45, 7) is 6.45. The van der Waals surface area contributed by atoms with Gasteiger partial charge in [-0.3, -0.25) is 0 Å². The molecule has 0 bridgehead atoms. The molecular formula is C22H35NO. The second kappa shape index (κ2) is 5.33. The van der Waals surface area contributed by atoms with Crippen LogP contribution in [-0.4, -0.2) is 23.8 Å². The minimum absolute atomic E-state index is 0.0738. The summed E-state index contributed by atoms with van der Waals surface area (Å²) in [4.78, 5) is 0. The van der Waals surface area contributed by atoms with Crippen LogP contribution in [0.25, 0.3) is 0 Å². The Kier molecular flexibility index (Phi) is 3.53. The molecule has 4 aliphatic carbocycles. The van der Waals surface area contributed by atoms with Crippen LogP contribution in [0.1, 0.15) is 71.6 Å². The first-order valence-electron chi connectivity index (χ1n) is 10.6. The van der Waals surface area contributed by atoms with E-state index < -0.39 is 0 Å². The molecule has 5 rings (SSSR count). The molecule has 0 aromatic rings. The van der Waals surface area contributed by atoms with Gasteiger partial charge in [-0.15, -0.1) is 0 Å². The van der Waals surface area contributed by atoms with Gasteiger partial charge in [0.05, 0.1) is 6.10 Å². The minimum Gasteiger partial charge on any atom is -0.393 e. The fraction of sp³-hybridized carbons (Fsp3) is 0.909. The molecular weight excluding hydrogens is 294 g/mol. The molecule has 8 atom stereocenters. The molecule has 134 valence electrons. The van der Waals surface area contributed by atoms with E-state index in [9.17, 15) is 5.11 Å². The van der Waals surface area contributed by atoms with E-state index in [0.717, 1.165) is 42.6 Å². The lowest BCUT2D eigenvalue weighted by atomic mass is 9.47. The average Bonchev–Trinajstić information content (AvgIpc) is 2.84. The maximum atomic E-state index is 10.1. The predicted octanol–water partition coefficient (Wildman–Crippen LogP) is 4.29. The van der Waals surface area contributed by atoms with Gasteiger partial charge in [-0.1, -0.05) is 25.5 Å². The summed E-state index contributed by atoms with van der Waals surface area (Å²) < 4.78 is 0. The number of hydrogen-bond acceptors (Lipinski definition) is 2. The van der Waals surface area contributed by atoms with Crippen LogP contribution in [0.2, 0.25) is 0 Å². The van der Waals surface area contributed by atoms with Crippen molar-refractivity contribution in [1.29, 1.82) is 0 Å². The Morgan fingerprint density at radius 1 is 1.00 bits per heavy atom. The average molecular weight is 330 g/mol. The molecule has 3 saturated carbocycles. The van der Waals surface area contributed by atoms with Crippen LogP contribution >= 0.6 is 0 Å². The van der Waals surface area contributed by atoms with Crippen LogP contribution in [0.4, 0.5) is 0 Å². The number of rotatable bonds is 1. The Bertz CT molecular complexity index is 552. The van der Waals surface area contributed by atoms with Gasteiger partial charge in [-0.2, -0.15) is 0 Å². The van der Waals surface area contributed by atoms with Gasteiger partial charge in [-0.05, 0) is 98.8 Å². The van der Waals surface area contributed by atoms with Crippen molar-refractivity contribution in [3.05, 3.63) is 11.6 Å². The fourth-order valence-electron chi connectivity index (χ4n) is 8.00. The third-order valence-corrected chi connectivity index (χ3v) is 9.50. The van der Waals surface area contributed by atoms with Gasteiger partial charge in [0.2, 0.25) is 0 Å². The molecule has 2 heteroatoms. The second-order valence-electron chi connectivity index (χ2n) is 10.2. The lowest BCUT2D eigenvalue weighted by Gasteiger charge is -2.58. The summed E-state index contributed by atoms with van der Waals surface area (Å²) in [6, 6.07) is 0.826. The number of fused-ring (bicyclic) bond motifs is 5. The molecule has 0 aromatic carbocycles. The fourth-order valence-corrected chi connectivity index (χ4v) is 8.00. The quantitative estimate of drug-likeness (QED) is 0.704. The summed E-state index contributed by atoms with van der Waals surface area (Å²) in [5.74, 6) is 3.68. The van der Waals surface area contributed by atoms with E-state index >= 15 is 0 Å². The SMILES string of the molecule is CC12CCC(O)CC1=CCC1C2CCC2(C)C(C3CCN3)CCC12. The van der Waals surface area contributed by atoms with Crippen molar-refractivity contribution in [2.75, 3.05) is 6.54 Å². The van der Waals surface area contributed by atoms with Crippen molar-refractivity contribution in [2.45, 2.75) is 83.8 Å². The van der Waals surface area contributed by atoms with Crippen molar-refractivity contribution in [3.8, 4) is 0 Å². The third-order valence-electron chi connectivity index (χ3n) is 9.50. The molecule has 0 aromatic heterocycles. The molecule has 4 fully saturated rings. The molecule has 24 heavy (non-hydrogen) atoms. The molecule has 8 unspecified atom stereocenters. The summed E-state index contributed by atoms with van der Waals surface area (Å²) >= 11 is 0. The van der Waals surface area contributed by atoms with Crippen LogP contribution in [0, 0.1) is 34.5 Å². The first-order chi connectivity index (χ1) is 11.5. The van der Waals surface area contributed by atoms with E-state index in [2.05, 4.69) is 25.2 Å². The van der Waals surface area contributed by atoms with Crippen molar-refractivity contribution >= 4 is 0 Å². The maximum absolute atomic E-state index is 10.1. The molecule has 1 saturated heterocycles. The number of nitrogens with one attached hydrogen (secondary N) is 1. The monoisotopic (exact) mass is 329 g/mol. The summed E-state index contributed by atoms with van der Waals surface area (Å²) in [5.41, 5.74) is 2.60. The molecule has 1 aliphatic heterocycles. The van der Waals surface area contributed by atoms with Crippen LogP contribution < -0.4 is 5.32 Å². The Labute approximate surface area is 147 Å². The van der Waals surface area contributed by atoms with Crippen LogP contribution in [0.5, 0.6) is 0 Å². The highest BCUT2D eigenvalue weighted by Gasteiger charge is 2.59. The van der Waals surface area contributed by atoms with Gasteiger partial charge < -0.3 is 10.4 Å². The van der Waals surface area contributed by atoms with Gasteiger partial charge in [0.15, 0.2) is 0 Å². The van der Waals surface area contributed by atoms with E-state index in [1.165, 1.54) is 51.5 Å². The molecule has 0 amide bonds. The summed E-state index contributed by atoms with van der Waals surface area (Å²) in [5, 5.41) is 13.9. The number of hydrogen-bond donors (Lipinski definition) is 2. The van der Waals surface area contributed by atoms with E-state index in [0.29, 0.717) is 10.8 Å². The Morgan fingerprint density at radius 3 is 2.54 bits per heavy atom. The lowest BCUT2D eigenvalue weighted by molar-refractivity contribution is -0.0578. The normalized spacial score (nSPS) is 56.5. The predicted molar refractivity (Wildman–Crippen MR) is 97.6 cm³/mol.